The van der Waals surface area contributed by atoms with Gasteiger partial charge in [-0.1, -0.05) is 32.9 Å². The normalized spacial score (nSPS) is 10.8. The first-order valence-electron chi connectivity index (χ1n) is 6.69. The number of hydrogen-bond donors (Lipinski definition) is 0. The van der Waals surface area contributed by atoms with Gasteiger partial charge in [0, 0.05) is 13.6 Å². The van der Waals surface area contributed by atoms with Crippen LogP contribution < -0.4 is 4.74 Å². The van der Waals surface area contributed by atoms with E-state index in [4.69, 9.17) is 10.00 Å². The highest BCUT2D eigenvalue weighted by Crippen LogP contribution is 2.24. The summed E-state index contributed by atoms with van der Waals surface area (Å²) in [6, 6.07) is 9.80. The van der Waals surface area contributed by atoms with E-state index in [9.17, 15) is 4.79 Å². The molecule has 1 aromatic rings. The fourth-order valence-corrected chi connectivity index (χ4v) is 1.65. The Labute approximate surface area is 121 Å². The lowest BCUT2D eigenvalue weighted by molar-refractivity contribution is -0.131. The van der Waals surface area contributed by atoms with E-state index in [0.717, 1.165) is 0 Å². The Morgan fingerprint density at radius 3 is 2.40 bits per heavy atom. The van der Waals surface area contributed by atoms with E-state index in [-0.39, 0.29) is 17.9 Å². The molecule has 0 aliphatic carbocycles. The van der Waals surface area contributed by atoms with Crippen molar-refractivity contribution in [3.63, 3.8) is 0 Å². The zero-order valence-corrected chi connectivity index (χ0v) is 12.6. The average molecular weight is 274 g/mol. The number of ether oxygens (including phenoxy) is 1. The first-order valence-corrected chi connectivity index (χ1v) is 6.69. The van der Waals surface area contributed by atoms with E-state index in [2.05, 4.69) is 20.8 Å². The minimum absolute atomic E-state index is 0.00318. The molecule has 1 aromatic carbocycles. The second-order valence-electron chi connectivity index (χ2n) is 5.79. The van der Waals surface area contributed by atoms with Gasteiger partial charge in [0.25, 0.3) is 5.91 Å². The molecule has 0 unspecified atom stereocenters. The maximum Gasteiger partial charge on any atom is 0.260 e. The zero-order valence-electron chi connectivity index (χ0n) is 12.6. The van der Waals surface area contributed by atoms with Crippen LogP contribution in [-0.4, -0.2) is 31.0 Å². The van der Waals surface area contributed by atoms with Crippen molar-refractivity contribution < 1.29 is 9.53 Å². The summed E-state index contributed by atoms with van der Waals surface area (Å²) >= 11 is 0. The number of hydrogen-bond acceptors (Lipinski definition) is 3. The SMILES string of the molecule is CN(CCC#N)C(=O)COc1ccc(C(C)(C)C)cc1. The Kier molecular flexibility index (Phi) is 5.57. The van der Waals surface area contributed by atoms with Gasteiger partial charge in [-0.25, -0.2) is 0 Å². The van der Waals surface area contributed by atoms with E-state index >= 15 is 0 Å². The van der Waals surface area contributed by atoms with Gasteiger partial charge in [-0.3, -0.25) is 4.79 Å². The van der Waals surface area contributed by atoms with Crippen LogP contribution >= 0.6 is 0 Å². The quantitative estimate of drug-likeness (QED) is 0.829. The van der Waals surface area contributed by atoms with Crippen molar-refractivity contribution in [3.05, 3.63) is 29.8 Å². The number of nitrogens with zero attached hydrogens (tertiary/aromatic N) is 2. The first kappa shape index (κ1) is 16.0. The molecule has 0 aliphatic heterocycles. The third kappa shape index (κ3) is 4.93. The summed E-state index contributed by atoms with van der Waals surface area (Å²) in [7, 11) is 1.67. The maximum absolute atomic E-state index is 11.7. The molecule has 0 saturated carbocycles. The van der Waals surface area contributed by atoms with Gasteiger partial charge in [-0.2, -0.15) is 5.26 Å². The van der Waals surface area contributed by atoms with Crippen LogP contribution in [0.3, 0.4) is 0 Å². The lowest BCUT2D eigenvalue weighted by atomic mass is 9.87. The number of rotatable bonds is 5. The number of likely N-dealkylation sites (N-methyl/N-ethyl adjacent to an activating group) is 1. The number of carbonyl (C=O) groups is 1. The minimum atomic E-state index is -0.125. The molecule has 108 valence electrons. The van der Waals surface area contributed by atoms with Crippen molar-refractivity contribution in [1.82, 2.24) is 4.90 Å². The second kappa shape index (κ2) is 6.95. The van der Waals surface area contributed by atoms with Gasteiger partial charge in [0.2, 0.25) is 0 Å². The number of benzene rings is 1. The fourth-order valence-electron chi connectivity index (χ4n) is 1.65. The molecule has 1 rings (SSSR count). The second-order valence-corrected chi connectivity index (χ2v) is 5.79. The van der Waals surface area contributed by atoms with E-state index in [0.29, 0.717) is 18.7 Å². The Morgan fingerprint density at radius 2 is 1.90 bits per heavy atom. The molecule has 0 bridgehead atoms. The summed E-state index contributed by atoms with van der Waals surface area (Å²) in [4.78, 5) is 13.2. The molecule has 20 heavy (non-hydrogen) atoms. The summed E-state index contributed by atoms with van der Waals surface area (Å²) in [6.07, 6.45) is 0.336. The molecule has 0 atom stereocenters. The van der Waals surface area contributed by atoms with Crippen LogP contribution in [0.2, 0.25) is 0 Å². The smallest absolute Gasteiger partial charge is 0.260 e. The predicted octanol–water partition coefficient (Wildman–Crippen LogP) is 2.73. The summed E-state index contributed by atoms with van der Waals surface area (Å²) in [6.45, 7) is 6.88. The van der Waals surface area contributed by atoms with Crippen LogP contribution in [0.4, 0.5) is 0 Å². The van der Waals surface area contributed by atoms with Gasteiger partial charge in [0.05, 0.1) is 12.5 Å². The van der Waals surface area contributed by atoms with Gasteiger partial charge in [0.15, 0.2) is 6.61 Å². The van der Waals surface area contributed by atoms with Crippen molar-refractivity contribution in [3.8, 4) is 11.8 Å². The molecular formula is C16H22N2O2. The van der Waals surface area contributed by atoms with Gasteiger partial charge in [-0.05, 0) is 23.1 Å². The largest absolute Gasteiger partial charge is 0.484 e. The van der Waals surface area contributed by atoms with Gasteiger partial charge in [0.1, 0.15) is 5.75 Å². The van der Waals surface area contributed by atoms with Crippen LogP contribution in [0.15, 0.2) is 24.3 Å². The Balaban J connectivity index is 2.50. The zero-order chi connectivity index (χ0) is 15.2. The molecule has 0 saturated heterocycles. The highest BCUT2D eigenvalue weighted by Gasteiger charge is 2.13. The first-order chi connectivity index (χ1) is 9.34. The molecule has 0 spiro atoms. The van der Waals surface area contributed by atoms with Crippen LogP contribution in [0.1, 0.15) is 32.8 Å². The summed E-state index contributed by atoms with van der Waals surface area (Å²) in [5.41, 5.74) is 1.33. The maximum atomic E-state index is 11.7. The average Bonchev–Trinajstić information content (AvgIpc) is 2.41. The summed E-state index contributed by atoms with van der Waals surface area (Å²) in [5.74, 6) is 0.556. The molecule has 4 nitrogen and oxygen atoms in total. The lowest BCUT2D eigenvalue weighted by Gasteiger charge is -2.19. The number of carbonyl (C=O) groups excluding carboxylic acids is 1. The standard InChI is InChI=1S/C16H22N2O2/c1-16(2,3)13-6-8-14(9-7-13)20-12-15(19)18(4)11-5-10-17/h6-9H,5,11-12H2,1-4H3. The Morgan fingerprint density at radius 1 is 1.30 bits per heavy atom. The molecule has 4 heteroatoms. The molecule has 0 N–H and O–H groups in total. The van der Waals surface area contributed by atoms with Crippen molar-refractivity contribution in [2.45, 2.75) is 32.6 Å². The number of nitriles is 1. The van der Waals surface area contributed by atoms with Gasteiger partial charge < -0.3 is 9.64 Å². The van der Waals surface area contributed by atoms with Crippen LogP contribution in [0, 0.1) is 11.3 Å². The molecule has 0 heterocycles. The third-order valence-electron chi connectivity index (χ3n) is 3.07. The van der Waals surface area contributed by atoms with Crippen molar-refractivity contribution >= 4 is 5.91 Å². The Bertz CT molecular complexity index is 481. The van der Waals surface area contributed by atoms with Crippen LogP contribution in [0.25, 0.3) is 0 Å². The predicted molar refractivity (Wildman–Crippen MR) is 78.5 cm³/mol. The van der Waals surface area contributed by atoms with E-state index < -0.39 is 0 Å². The van der Waals surface area contributed by atoms with Crippen LogP contribution in [0.5, 0.6) is 5.75 Å². The number of amides is 1. The van der Waals surface area contributed by atoms with Gasteiger partial charge in [-0.15, -0.1) is 0 Å². The topological polar surface area (TPSA) is 53.3 Å². The van der Waals surface area contributed by atoms with E-state index in [1.165, 1.54) is 10.5 Å². The summed E-state index contributed by atoms with van der Waals surface area (Å²) < 4.78 is 5.46. The fraction of sp³-hybridized carbons (Fsp3) is 0.500. The molecule has 0 aliphatic rings. The van der Waals surface area contributed by atoms with Crippen LogP contribution in [-0.2, 0) is 10.2 Å². The Hall–Kier alpha value is -2.02. The van der Waals surface area contributed by atoms with Gasteiger partial charge >= 0.3 is 0 Å². The summed E-state index contributed by atoms with van der Waals surface area (Å²) in [5, 5.41) is 8.48. The minimum Gasteiger partial charge on any atom is -0.484 e. The third-order valence-corrected chi connectivity index (χ3v) is 3.07. The highest BCUT2D eigenvalue weighted by atomic mass is 16.5. The van der Waals surface area contributed by atoms with Crippen molar-refractivity contribution in [2.24, 2.45) is 0 Å². The van der Waals surface area contributed by atoms with E-state index in [1.54, 1.807) is 7.05 Å². The van der Waals surface area contributed by atoms with Crippen molar-refractivity contribution in [1.29, 1.82) is 5.26 Å². The lowest BCUT2D eigenvalue weighted by Crippen LogP contribution is -2.32. The van der Waals surface area contributed by atoms with Crippen molar-refractivity contribution in [2.75, 3.05) is 20.2 Å². The molecule has 0 aromatic heterocycles. The molecule has 0 fully saturated rings. The molecule has 0 radical (unpaired) electrons. The monoisotopic (exact) mass is 274 g/mol. The molecule has 1 amide bonds. The molecular weight excluding hydrogens is 252 g/mol. The van der Waals surface area contributed by atoms with E-state index in [1.807, 2.05) is 30.3 Å². The highest BCUT2D eigenvalue weighted by molar-refractivity contribution is 5.77.